The number of aliphatic hydroxyl groups excluding tert-OH is 1. The van der Waals surface area contributed by atoms with Crippen LogP contribution in [-0.4, -0.2) is 24.7 Å². The number of hydrogen-bond acceptors (Lipinski definition) is 6. The Morgan fingerprint density at radius 1 is 1.24 bits per heavy atom. The predicted octanol–water partition coefficient (Wildman–Crippen LogP) is 3.07. The average molecular weight is 314 g/mol. The second-order valence-electron chi connectivity index (χ2n) is 4.39. The molecule has 5 nitrogen and oxygen atoms in total. The van der Waals surface area contributed by atoms with Crippen LogP contribution in [0.1, 0.15) is 5.69 Å². The van der Waals surface area contributed by atoms with Gasteiger partial charge in [0, 0.05) is 18.0 Å². The van der Waals surface area contributed by atoms with Crippen molar-refractivity contribution in [2.24, 2.45) is 0 Å². The van der Waals surface area contributed by atoms with Gasteiger partial charge in [0.25, 0.3) is 0 Å². The molecule has 0 aliphatic carbocycles. The number of thiophene rings is 1. The number of aliphatic hydroxyl groups is 1. The number of aromatic nitrogens is 4. The van der Waals surface area contributed by atoms with Gasteiger partial charge in [-0.1, -0.05) is 17.4 Å². The summed E-state index contributed by atoms with van der Waals surface area (Å²) >= 11 is 3.10. The van der Waals surface area contributed by atoms with Crippen molar-refractivity contribution in [3.05, 3.63) is 47.7 Å². The van der Waals surface area contributed by atoms with Crippen LogP contribution in [0.15, 0.2) is 42.0 Å². The number of hydrogen-bond donors (Lipinski definition) is 1. The number of imidazole rings is 1. The molecule has 21 heavy (non-hydrogen) atoms. The highest BCUT2D eigenvalue weighted by atomic mass is 32.1. The molecule has 0 saturated heterocycles. The molecule has 0 aromatic carbocycles. The summed E-state index contributed by atoms with van der Waals surface area (Å²) in [7, 11) is 0. The van der Waals surface area contributed by atoms with Crippen molar-refractivity contribution in [1.82, 2.24) is 19.6 Å². The molecule has 0 fully saturated rings. The molecule has 0 aliphatic rings. The van der Waals surface area contributed by atoms with Crippen LogP contribution < -0.4 is 0 Å². The van der Waals surface area contributed by atoms with Crippen molar-refractivity contribution in [1.29, 1.82) is 0 Å². The molecular weight excluding hydrogens is 304 g/mol. The Morgan fingerprint density at radius 2 is 2.19 bits per heavy atom. The van der Waals surface area contributed by atoms with Crippen LogP contribution in [0.5, 0.6) is 0 Å². The van der Waals surface area contributed by atoms with Gasteiger partial charge in [0.2, 0.25) is 4.96 Å². The van der Waals surface area contributed by atoms with E-state index in [1.807, 2.05) is 29.6 Å². The largest absolute Gasteiger partial charge is 0.390 e. The molecule has 1 N–H and O–H groups in total. The maximum absolute atomic E-state index is 9.68. The van der Waals surface area contributed by atoms with Gasteiger partial charge in [0.1, 0.15) is 10.7 Å². The second kappa shape index (κ2) is 5.03. The van der Waals surface area contributed by atoms with Crippen molar-refractivity contribution in [3.63, 3.8) is 0 Å². The van der Waals surface area contributed by atoms with Gasteiger partial charge in [0.05, 0.1) is 17.2 Å². The normalized spacial score (nSPS) is 11.3. The van der Waals surface area contributed by atoms with Crippen molar-refractivity contribution in [2.75, 3.05) is 0 Å². The molecule has 0 unspecified atom stereocenters. The van der Waals surface area contributed by atoms with Gasteiger partial charge in [-0.3, -0.25) is 4.98 Å². The Morgan fingerprint density at radius 3 is 2.90 bits per heavy atom. The number of nitrogens with zero attached hydrogens (tertiary/aromatic N) is 4. The fourth-order valence-corrected chi connectivity index (χ4v) is 3.79. The summed E-state index contributed by atoms with van der Waals surface area (Å²) in [6.45, 7) is -0.0926. The van der Waals surface area contributed by atoms with E-state index < -0.39 is 0 Å². The van der Waals surface area contributed by atoms with Gasteiger partial charge >= 0.3 is 0 Å². The standard InChI is InChI=1S/C14H10N4OS2/c19-8-10-12(11-4-2-6-20-11)16-14-18(10)17-13(21-14)9-3-1-5-15-7-9/h1-7,19H,8H2. The lowest BCUT2D eigenvalue weighted by molar-refractivity contribution is 0.275. The smallest absolute Gasteiger partial charge is 0.213 e. The molecule has 4 aromatic heterocycles. The Hall–Kier alpha value is -2.09. The molecule has 0 amide bonds. The second-order valence-corrected chi connectivity index (χ2v) is 6.29. The van der Waals surface area contributed by atoms with E-state index in [1.165, 1.54) is 11.3 Å². The lowest BCUT2D eigenvalue weighted by Gasteiger charge is -1.97. The predicted molar refractivity (Wildman–Crippen MR) is 83.3 cm³/mol. The molecule has 4 heterocycles. The Balaban J connectivity index is 1.89. The molecule has 0 spiro atoms. The lowest BCUT2D eigenvalue weighted by atomic mass is 10.3. The molecular formula is C14H10N4OS2. The van der Waals surface area contributed by atoms with Crippen LogP contribution in [0.4, 0.5) is 0 Å². The summed E-state index contributed by atoms with van der Waals surface area (Å²) in [5, 5.41) is 17.1. The minimum absolute atomic E-state index is 0.0926. The molecule has 0 radical (unpaired) electrons. The van der Waals surface area contributed by atoms with Crippen LogP contribution in [0.25, 0.3) is 26.1 Å². The first-order valence-corrected chi connectivity index (χ1v) is 8.00. The van der Waals surface area contributed by atoms with E-state index in [9.17, 15) is 5.11 Å². The van der Waals surface area contributed by atoms with Crippen LogP contribution in [0.3, 0.4) is 0 Å². The van der Waals surface area contributed by atoms with Crippen LogP contribution in [-0.2, 0) is 6.61 Å². The van der Waals surface area contributed by atoms with E-state index >= 15 is 0 Å². The molecule has 4 rings (SSSR count). The van der Waals surface area contributed by atoms with Gasteiger partial charge in [-0.2, -0.15) is 5.10 Å². The summed E-state index contributed by atoms with van der Waals surface area (Å²) in [4.78, 5) is 10.5. The van der Waals surface area contributed by atoms with Crippen molar-refractivity contribution >= 4 is 27.6 Å². The maximum Gasteiger partial charge on any atom is 0.213 e. The van der Waals surface area contributed by atoms with Crippen molar-refractivity contribution in [3.8, 4) is 21.1 Å². The maximum atomic E-state index is 9.68. The van der Waals surface area contributed by atoms with E-state index in [0.29, 0.717) is 0 Å². The highest BCUT2D eigenvalue weighted by Crippen LogP contribution is 2.32. The third kappa shape index (κ3) is 2.06. The minimum Gasteiger partial charge on any atom is -0.390 e. The van der Waals surface area contributed by atoms with Crippen LogP contribution in [0, 0.1) is 0 Å². The first kappa shape index (κ1) is 12.6. The summed E-state index contributed by atoms with van der Waals surface area (Å²) < 4.78 is 1.72. The first-order valence-electron chi connectivity index (χ1n) is 6.30. The third-order valence-electron chi connectivity index (χ3n) is 3.11. The van der Waals surface area contributed by atoms with Gasteiger partial charge in [-0.25, -0.2) is 9.50 Å². The summed E-state index contributed by atoms with van der Waals surface area (Å²) in [5.41, 5.74) is 2.48. The summed E-state index contributed by atoms with van der Waals surface area (Å²) in [5.74, 6) is 0. The Kier molecular flexibility index (Phi) is 3.03. The molecule has 0 aliphatic heterocycles. The van der Waals surface area contributed by atoms with E-state index in [0.717, 1.165) is 31.8 Å². The van der Waals surface area contributed by atoms with Crippen LogP contribution >= 0.6 is 22.7 Å². The quantitative estimate of drug-likeness (QED) is 0.631. The SMILES string of the molecule is OCc1c(-c2cccs2)nc2sc(-c3cccnc3)nn12. The van der Waals surface area contributed by atoms with Crippen molar-refractivity contribution < 1.29 is 5.11 Å². The van der Waals surface area contributed by atoms with E-state index in [4.69, 9.17) is 0 Å². The number of pyridine rings is 1. The summed E-state index contributed by atoms with van der Waals surface area (Å²) in [6.07, 6.45) is 3.51. The van der Waals surface area contributed by atoms with E-state index in [2.05, 4.69) is 15.1 Å². The van der Waals surface area contributed by atoms with E-state index in [1.54, 1.807) is 28.2 Å². The molecule has 4 aromatic rings. The zero-order chi connectivity index (χ0) is 14.2. The molecule has 0 saturated carbocycles. The molecule has 0 atom stereocenters. The highest BCUT2D eigenvalue weighted by Gasteiger charge is 2.18. The Labute approximate surface area is 128 Å². The number of rotatable bonds is 3. The first-order chi connectivity index (χ1) is 10.4. The zero-order valence-electron chi connectivity index (χ0n) is 10.8. The fourth-order valence-electron chi connectivity index (χ4n) is 2.15. The third-order valence-corrected chi connectivity index (χ3v) is 4.94. The minimum atomic E-state index is -0.0926. The topological polar surface area (TPSA) is 63.3 Å². The monoisotopic (exact) mass is 314 g/mol. The van der Waals surface area contributed by atoms with Crippen LogP contribution in [0.2, 0.25) is 0 Å². The van der Waals surface area contributed by atoms with E-state index in [-0.39, 0.29) is 6.61 Å². The summed E-state index contributed by atoms with van der Waals surface area (Å²) in [6, 6.07) is 7.81. The van der Waals surface area contributed by atoms with Gasteiger partial charge in [0.15, 0.2) is 0 Å². The molecule has 0 bridgehead atoms. The van der Waals surface area contributed by atoms with Gasteiger partial charge < -0.3 is 5.11 Å². The van der Waals surface area contributed by atoms with Crippen molar-refractivity contribution in [2.45, 2.75) is 6.61 Å². The number of fused-ring (bicyclic) bond motifs is 1. The zero-order valence-corrected chi connectivity index (χ0v) is 12.4. The molecule has 7 heteroatoms. The average Bonchev–Trinajstić information content (AvgIpc) is 3.22. The fraction of sp³-hybridized carbons (Fsp3) is 0.0714. The molecule has 104 valence electrons. The van der Waals surface area contributed by atoms with Gasteiger partial charge in [-0.05, 0) is 23.6 Å². The highest BCUT2D eigenvalue weighted by molar-refractivity contribution is 7.20. The Bertz CT molecular complexity index is 881. The van der Waals surface area contributed by atoms with Gasteiger partial charge in [-0.15, -0.1) is 11.3 Å². The lowest BCUT2D eigenvalue weighted by Crippen LogP contribution is -1.95.